The minimum absolute atomic E-state index is 0.195. The molecular formula is C17H18N2O4S3. The van der Waals surface area contributed by atoms with Crippen molar-refractivity contribution in [1.29, 1.82) is 0 Å². The summed E-state index contributed by atoms with van der Waals surface area (Å²) in [6.45, 7) is 0.970. The van der Waals surface area contributed by atoms with Crippen LogP contribution in [0.5, 0.6) is 0 Å². The SMILES string of the molecule is Cn1c(=O)oc2ccc(S(=O)(=O)N3CCSC(c4cccs4)CC3)cc21. The first-order valence-electron chi connectivity index (χ1n) is 8.21. The number of aryl methyl sites for hydroxylation is 1. The van der Waals surface area contributed by atoms with Crippen molar-refractivity contribution >= 4 is 44.2 Å². The van der Waals surface area contributed by atoms with E-state index in [4.69, 9.17) is 4.42 Å². The number of oxazole rings is 1. The molecule has 0 amide bonds. The summed E-state index contributed by atoms with van der Waals surface area (Å²) in [5, 5.41) is 2.40. The van der Waals surface area contributed by atoms with Gasteiger partial charge in [0, 0.05) is 36.0 Å². The second-order valence-electron chi connectivity index (χ2n) is 6.12. The highest BCUT2D eigenvalue weighted by Gasteiger charge is 2.29. The average Bonchev–Trinajstić information content (AvgIpc) is 3.16. The zero-order valence-electron chi connectivity index (χ0n) is 14.1. The molecule has 3 heterocycles. The van der Waals surface area contributed by atoms with E-state index in [0.717, 1.165) is 12.2 Å². The Hall–Kier alpha value is -1.55. The number of thiophene rings is 1. The maximum absolute atomic E-state index is 13.1. The van der Waals surface area contributed by atoms with E-state index in [1.807, 2.05) is 17.8 Å². The molecule has 0 aliphatic carbocycles. The molecule has 3 aromatic rings. The first-order valence-corrected chi connectivity index (χ1v) is 11.6. The maximum atomic E-state index is 13.1. The molecule has 1 aliphatic rings. The van der Waals surface area contributed by atoms with Gasteiger partial charge in [0.1, 0.15) is 0 Å². The molecule has 26 heavy (non-hydrogen) atoms. The molecule has 6 nitrogen and oxygen atoms in total. The van der Waals surface area contributed by atoms with Crippen LogP contribution in [0.1, 0.15) is 16.5 Å². The van der Waals surface area contributed by atoms with E-state index < -0.39 is 15.8 Å². The van der Waals surface area contributed by atoms with E-state index in [1.54, 1.807) is 28.8 Å². The van der Waals surface area contributed by atoms with Crippen LogP contribution in [-0.2, 0) is 17.1 Å². The Balaban J connectivity index is 1.62. The molecule has 9 heteroatoms. The fraction of sp³-hybridized carbons (Fsp3) is 0.353. The molecule has 0 N–H and O–H groups in total. The Morgan fingerprint density at radius 1 is 1.23 bits per heavy atom. The van der Waals surface area contributed by atoms with E-state index in [-0.39, 0.29) is 4.90 Å². The van der Waals surface area contributed by atoms with Gasteiger partial charge in [0.2, 0.25) is 10.0 Å². The largest absolute Gasteiger partial charge is 0.419 e. The molecule has 0 saturated carbocycles. The predicted molar refractivity (Wildman–Crippen MR) is 104 cm³/mol. The fourth-order valence-electron chi connectivity index (χ4n) is 3.11. The third-order valence-corrected chi connectivity index (χ3v) is 8.90. The van der Waals surface area contributed by atoms with E-state index in [0.29, 0.717) is 29.4 Å². The third kappa shape index (κ3) is 3.13. The Morgan fingerprint density at radius 2 is 2.08 bits per heavy atom. The van der Waals surface area contributed by atoms with Gasteiger partial charge < -0.3 is 4.42 Å². The van der Waals surface area contributed by atoms with Crippen molar-refractivity contribution < 1.29 is 12.8 Å². The van der Waals surface area contributed by atoms with Crippen LogP contribution < -0.4 is 5.76 Å². The number of benzene rings is 1. The Labute approximate surface area is 159 Å². The van der Waals surface area contributed by atoms with E-state index in [2.05, 4.69) is 11.4 Å². The van der Waals surface area contributed by atoms with Crippen LogP contribution in [0.4, 0.5) is 0 Å². The number of hydrogen-bond acceptors (Lipinski definition) is 6. The van der Waals surface area contributed by atoms with Crippen molar-refractivity contribution in [2.75, 3.05) is 18.8 Å². The Kier molecular flexibility index (Phi) is 4.72. The van der Waals surface area contributed by atoms with Crippen LogP contribution >= 0.6 is 23.1 Å². The first kappa shape index (κ1) is 17.8. The topological polar surface area (TPSA) is 72.5 Å². The lowest BCUT2D eigenvalue weighted by Gasteiger charge is -2.20. The highest BCUT2D eigenvalue weighted by atomic mass is 32.2. The number of rotatable bonds is 3. The monoisotopic (exact) mass is 410 g/mol. The maximum Gasteiger partial charge on any atom is 0.419 e. The standard InChI is InChI=1S/C17H18N2O4S3/c1-18-13-11-12(4-5-14(13)23-17(18)20)26(21,22)19-7-6-16(25-10-8-19)15-3-2-9-24-15/h2-5,9,11,16H,6-8,10H2,1H3. The molecule has 1 aliphatic heterocycles. The summed E-state index contributed by atoms with van der Waals surface area (Å²) in [6.07, 6.45) is 0.789. The molecule has 1 atom stereocenters. The second kappa shape index (κ2) is 6.88. The third-order valence-electron chi connectivity index (χ3n) is 4.56. The smallest absolute Gasteiger partial charge is 0.408 e. The molecule has 4 rings (SSSR count). The number of aromatic nitrogens is 1. The normalized spacial score (nSPS) is 19.7. The molecule has 138 valence electrons. The van der Waals surface area contributed by atoms with Crippen LogP contribution in [0.3, 0.4) is 0 Å². The highest BCUT2D eigenvalue weighted by molar-refractivity contribution is 7.99. The summed E-state index contributed by atoms with van der Waals surface area (Å²) >= 11 is 3.53. The van der Waals surface area contributed by atoms with Crippen molar-refractivity contribution in [3.63, 3.8) is 0 Å². The van der Waals surface area contributed by atoms with Gasteiger partial charge in [0.05, 0.1) is 10.4 Å². The van der Waals surface area contributed by atoms with Gasteiger partial charge in [-0.25, -0.2) is 13.2 Å². The highest BCUT2D eigenvalue weighted by Crippen LogP contribution is 2.37. The van der Waals surface area contributed by atoms with Crippen molar-refractivity contribution in [2.45, 2.75) is 16.6 Å². The summed E-state index contributed by atoms with van der Waals surface area (Å²) < 4.78 is 34.1. The van der Waals surface area contributed by atoms with Gasteiger partial charge in [-0.3, -0.25) is 4.57 Å². The molecule has 1 unspecified atom stereocenters. The van der Waals surface area contributed by atoms with Crippen LogP contribution in [0.15, 0.2) is 49.8 Å². The lowest BCUT2D eigenvalue weighted by atomic mass is 10.2. The minimum Gasteiger partial charge on any atom is -0.408 e. The van der Waals surface area contributed by atoms with Crippen LogP contribution in [0, 0.1) is 0 Å². The van der Waals surface area contributed by atoms with Crippen LogP contribution in [-0.4, -0.2) is 36.1 Å². The first-order chi connectivity index (χ1) is 12.5. The zero-order valence-corrected chi connectivity index (χ0v) is 16.6. The number of thioether (sulfide) groups is 1. The van der Waals surface area contributed by atoms with Gasteiger partial charge in [-0.15, -0.1) is 11.3 Å². The van der Waals surface area contributed by atoms with Gasteiger partial charge in [-0.1, -0.05) is 6.07 Å². The molecule has 0 bridgehead atoms. The van der Waals surface area contributed by atoms with E-state index in [9.17, 15) is 13.2 Å². The Morgan fingerprint density at radius 3 is 2.85 bits per heavy atom. The molecule has 1 saturated heterocycles. The average molecular weight is 411 g/mol. The number of fused-ring (bicyclic) bond motifs is 1. The number of sulfonamides is 1. The van der Waals surface area contributed by atoms with E-state index in [1.165, 1.54) is 21.6 Å². The molecular weight excluding hydrogens is 392 g/mol. The quantitative estimate of drug-likeness (QED) is 0.664. The summed E-state index contributed by atoms with van der Waals surface area (Å²) in [5.41, 5.74) is 0.873. The van der Waals surface area contributed by atoms with Gasteiger partial charge in [0.15, 0.2) is 5.58 Å². The van der Waals surface area contributed by atoms with Gasteiger partial charge in [-0.05, 0) is 36.1 Å². The van der Waals surface area contributed by atoms with E-state index >= 15 is 0 Å². The summed E-state index contributed by atoms with van der Waals surface area (Å²) in [5.74, 6) is 0.258. The fourth-order valence-corrected chi connectivity index (χ4v) is 6.94. The zero-order chi connectivity index (χ0) is 18.3. The lowest BCUT2D eigenvalue weighted by Crippen LogP contribution is -2.33. The predicted octanol–water partition coefficient (Wildman–Crippen LogP) is 3.06. The Bertz CT molecular complexity index is 1080. The lowest BCUT2D eigenvalue weighted by molar-refractivity contribution is 0.428. The van der Waals surface area contributed by atoms with Crippen molar-refractivity contribution in [1.82, 2.24) is 8.87 Å². The molecule has 1 fully saturated rings. The number of hydrogen-bond donors (Lipinski definition) is 0. The molecule has 0 radical (unpaired) electrons. The molecule has 2 aromatic heterocycles. The van der Waals surface area contributed by atoms with Crippen LogP contribution in [0.2, 0.25) is 0 Å². The minimum atomic E-state index is -3.61. The van der Waals surface area contributed by atoms with Gasteiger partial charge in [-0.2, -0.15) is 16.1 Å². The summed E-state index contributed by atoms with van der Waals surface area (Å²) in [4.78, 5) is 13.1. The molecule has 1 aromatic carbocycles. The van der Waals surface area contributed by atoms with Crippen molar-refractivity contribution in [2.24, 2.45) is 7.05 Å². The van der Waals surface area contributed by atoms with Crippen molar-refractivity contribution in [3.8, 4) is 0 Å². The van der Waals surface area contributed by atoms with Gasteiger partial charge in [0.25, 0.3) is 0 Å². The number of nitrogens with zero attached hydrogens (tertiary/aromatic N) is 2. The van der Waals surface area contributed by atoms with Crippen LogP contribution in [0.25, 0.3) is 11.1 Å². The van der Waals surface area contributed by atoms with Gasteiger partial charge >= 0.3 is 5.76 Å². The summed E-state index contributed by atoms with van der Waals surface area (Å²) in [7, 11) is -2.04. The van der Waals surface area contributed by atoms with Crippen molar-refractivity contribution in [3.05, 3.63) is 51.1 Å². The second-order valence-corrected chi connectivity index (χ2v) is 10.4. The summed E-state index contributed by atoms with van der Waals surface area (Å²) in [6, 6.07) is 8.72. The molecule has 0 spiro atoms.